The molecule has 0 radical (unpaired) electrons. The molecule has 2 N–H and O–H groups in total. The van der Waals surface area contributed by atoms with Gasteiger partial charge in [-0.3, -0.25) is 9.59 Å². The van der Waals surface area contributed by atoms with Crippen molar-refractivity contribution in [1.29, 1.82) is 0 Å². The molecule has 2 aromatic carbocycles. The van der Waals surface area contributed by atoms with Crippen molar-refractivity contribution >= 4 is 23.9 Å². The molecule has 2 atom stereocenters. The summed E-state index contributed by atoms with van der Waals surface area (Å²) < 4.78 is 18.3. The Balaban J connectivity index is 2.10. The van der Waals surface area contributed by atoms with E-state index in [2.05, 4.69) is 10.6 Å². The van der Waals surface area contributed by atoms with Gasteiger partial charge in [0.25, 0.3) is 0 Å². The van der Waals surface area contributed by atoms with Crippen molar-refractivity contribution in [3.8, 4) is 0 Å². The van der Waals surface area contributed by atoms with E-state index in [1.165, 1.54) is 32.2 Å². The highest BCUT2D eigenvalue weighted by molar-refractivity contribution is 5.90. The number of amides is 2. The van der Waals surface area contributed by atoms with Gasteiger partial charge in [-0.2, -0.15) is 0 Å². The van der Waals surface area contributed by atoms with Gasteiger partial charge in [-0.15, -0.1) is 0 Å². The largest absolute Gasteiger partial charge is 0.467 e. The summed E-state index contributed by atoms with van der Waals surface area (Å²) in [5.74, 6) is -2.01. The Bertz CT molecular complexity index is 899. The van der Waals surface area contributed by atoms with Gasteiger partial charge >= 0.3 is 5.97 Å². The summed E-state index contributed by atoms with van der Waals surface area (Å²) in [5.41, 5.74) is 1.50. The molecular weight excluding hydrogens is 387 g/mol. The third kappa shape index (κ3) is 7.50. The number of hydrogen-bond donors (Lipinski definition) is 2. The lowest BCUT2D eigenvalue weighted by Crippen LogP contribution is -2.52. The van der Waals surface area contributed by atoms with Crippen molar-refractivity contribution in [2.45, 2.75) is 31.8 Å². The van der Waals surface area contributed by atoms with Gasteiger partial charge in [-0.05, 0) is 29.7 Å². The molecular formula is C23H25FN2O4. The monoisotopic (exact) mass is 412 g/mol. The highest BCUT2D eigenvalue weighted by Gasteiger charge is 2.26. The third-order valence-electron chi connectivity index (χ3n) is 4.31. The van der Waals surface area contributed by atoms with E-state index in [0.29, 0.717) is 5.56 Å². The van der Waals surface area contributed by atoms with Gasteiger partial charge in [0.1, 0.15) is 17.9 Å². The second-order valence-electron chi connectivity index (χ2n) is 6.72. The average Bonchev–Trinajstić information content (AvgIpc) is 2.72. The molecule has 0 bridgehead atoms. The maximum absolute atomic E-state index is 13.5. The molecule has 0 heterocycles. The summed E-state index contributed by atoms with van der Waals surface area (Å²) in [6.07, 6.45) is 3.88. The standard InChI is InChI=1S/C23H25FN2O4/c1-16(27)25-21(15-18-11-6-12-19(24)14-18)22(28)26-20(23(29)30-2)13-7-10-17-8-4-3-5-9-17/h3-12,14,20-21H,13,15H2,1-2H3,(H,25,27)(H,26,28)/b10-7+/t20-,21-/m0/s1. The lowest BCUT2D eigenvalue weighted by Gasteiger charge is -2.21. The van der Waals surface area contributed by atoms with Crippen molar-refractivity contribution in [3.63, 3.8) is 0 Å². The van der Waals surface area contributed by atoms with E-state index in [9.17, 15) is 18.8 Å². The molecule has 2 amide bonds. The molecule has 0 saturated carbocycles. The molecule has 0 aliphatic rings. The molecule has 0 aromatic heterocycles. The van der Waals surface area contributed by atoms with Crippen LogP contribution < -0.4 is 10.6 Å². The summed E-state index contributed by atoms with van der Waals surface area (Å²) in [6, 6.07) is 13.4. The number of halogens is 1. The SMILES string of the molecule is COC(=O)[C@H](C/C=C/c1ccccc1)NC(=O)[C@H](Cc1cccc(F)c1)NC(C)=O. The fraction of sp³-hybridized carbons (Fsp3) is 0.261. The highest BCUT2D eigenvalue weighted by Crippen LogP contribution is 2.09. The first-order valence-electron chi connectivity index (χ1n) is 9.50. The summed E-state index contributed by atoms with van der Waals surface area (Å²) >= 11 is 0. The van der Waals surface area contributed by atoms with Crippen LogP contribution in [0.5, 0.6) is 0 Å². The van der Waals surface area contributed by atoms with Crippen molar-refractivity contribution in [2.75, 3.05) is 7.11 Å². The highest BCUT2D eigenvalue weighted by atomic mass is 19.1. The molecule has 0 spiro atoms. The van der Waals surface area contributed by atoms with E-state index in [4.69, 9.17) is 4.74 Å². The van der Waals surface area contributed by atoms with Crippen molar-refractivity contribution in [3.05, 3.63) is 77.6 Å². The van der Waals surface area contributed by atoms with Crippen LogP contribution in [0.25, 0.3) is 6.08 Å². The Labute approximate surface area is 175 Å². The molecule has 30 heavy (non-hydrogen) atoms. The molecule has 158 valence electrons. The molecule has 0 aliphatic heterocycles. The minimum atomic E-state index is -0.963. The molecule has 0 saturated heterocycles. The van der Waals surface area contributed by atoms with Crippen LogP contribution in [0, 0.1) is 5.82 Å². The summed E-state index contributed by atoms with van der Waals surface area (Å²) in [4.78, 5) is 36.5. The van der Waals surface area contributed by atoms with E-state index in [0.717, 1.165) is 5.56 Å². The van der Waals surface area contributed by atoms with Crippen LogP contribution in [0.2, 0.25) is 0 Å². The summed E-state index contributed by atoms with van der Waals surface area (Å²) in [6.45, 7) is 1.28. The number of methoxy groups -OCH3 is 1. The van der Waals surface area contributed by atoms with Gasteiger partial charge in [0.15, 0.2) is 0 Å². The molecule has 0 aliphatic carbocycles. The zero-order chi connectivity index (χ0) is 21.9. The van der Waals surface area contributed by atoms with E-state index in [-0.39, 0.29) is 12.8 Å². The lowest BCUT2D eigenvalue weighted by atomic mass is 10.0. The summed E-state index contributed by atoms with van der Waals surface area (Å²) in [5, 5.41) is 5.17. The summed E-state index contributed by atoms with van der Waals surface area (Å²) in [7, 11) is 1.24. The molecule has 0 unspecified atom stereocenters. The van der Waals surface area contributed by atoms with Gasteiger partial charge in [0, 0.05) is 13.3 Å². The van der Waals surface area contributed by atoms with Crippen molar-refractivity contribution in [2.24, 2.45) is 0 Å². The smallest absolute Gasteiger partial charge is 0.328 e. The first-order chi connectivity index (χ1) is 14.4. The van der Waals surface area contributed by atoms with E-state index < -0.39 is 35.7 Å². The number of hydrogen-bond acceptors (Lipinski definition) is 4. The van der Waals surface area contributed by atoms with Gasteiger partial charge in [0.2, 0.25) is 11.8 Å². The number of ether oxygens (including phenoxy) is 1. The average molecular weight is 412 g/mol. The number of carbonyl (C=O) groups excluding carboxylic acids is 3. The molecule has 2 rings (SSSR count). The number of esters is 1. The van der Waals surface area contributed by atoms with E-state index >= 15 is 0 Å². The Morgan fingerprint density at radius 2 is 1.77 bits per heavy atom. The fourth-order valence-electron chi connectivity index (χ4n) is 2.89. The van der Waals surface area contributed by atoms with E-state index in [1.807, 2.05) is 36.4 Å². The maximum atomic E-state index is 13.5. The Hall–Kier alpha value is -3.48. The van der Waals surface area contributed by atoms with Gasteiger partial charge in [0.05, 0.1) is 7.11 Å². The van der Waals surface area contributed by atoms with Crippen molar-refractivity contribution < 1.29 is 23.5 Å². The predicted molar refractivity (Wildman–Crippen MR) is 112 cm³/mol. The van der Waals surface area contributed by atoms with Crippen LogP contribution in [-0.2, 0) is 25.5 Å². The Morgan fingerprint density at radius 1 is 1.03 bits per heavy atom. The maximum Gasteiger partial charge on any atom is 0.328 e. The molecule has 2 aromatic rings. The molecule has 0 fully saturated rings. The zero-order valence-electron chi connectivity index (χ0n) is 16.9. The number of rotatable bonds is 9. The second-order valence-corrected chi connectivity index (χ2v) is 6.72. The van der Waals surface area contributed by atoms with Crippen molar-refractivity contribution in [1.82, 2.24) is 10.6 Å². The predicted octanol–water partition coefficient (Wildman–Crippen LogP) is 2.63. The number of carbonyl (C=O) groups is 3. The fourth-order valence-corrected chi connectivity index (χ4v) is 2.89. The van der Waals surface area contributed by atoms with Gasteiger partial charge in [-0.25, -0.2) is 9.18 Å². The van der Waals surface area contributed by atoms with Gasteiger partial charge in [-0.1, -0.05) is 54.6 Å². The second kappa shape index (κ2) is 11.5. The zero-order valence-corrected chi connectivity index (χ0v) is 16.9. The van der Waals surface area contributed by atoms with Crippen LogP contribution in [0.4, 0.5) is 4.39 Å². The number of nitrogens with one attached hydrogen (secondary N) is 2. The number of benzene rings is 2. The van der Waals surface area contributed by atoms with Gasteiger partial charge < -0.3 is 15.4 Å². The van der Waals surface area contributed by atoms with E-state index in [1.54, 1.807) is 12.1 Å². The topological polar surface area (TPSA) is 84.5 Å². The Kier molecular flexibility index (Phi) is 8.75. The van der Waals surface area contributed by atoms with Crippen LogP contribution in [0.1, 0.15) is 24.5 Å². The Morgan fingerprint density at radius 3 is 2.40 bits per heavy atom. The van der Waals surface area contributed by atoms with Crippen LogP contribution >= 0.6 is 0 Å². The lowest BCUT2D eigenvalue weighted by molar-refractivity contribution is -0.145. The minimum absolute atomic E-state index is 0.0803. The van der Waals surface area contributed by atoms with Crippen LogP contribution in [0.3, 0.4) is 0 Å². The van der Waals surface area contributed by atoms with Crippen LogP contribution in [0.15, 0.2) is 60.7 Å². The molecule has 7 heteroatoms. The molecule has 6 nitrogen and oxygen atoms in total. The van der Waals surface area contributed by atoms with Crippen LogP contribution in [-0.4, -0.2) is 37.0 Å². The quantitative estimate of drug-likeness (QED) is 0.620. The normalized spacial score (nSPS) is 12.8. The first-order valence-corrected chi connectivity index (χ1v) is 9.50. The minimum Gasteiger partial charge on any atom is -0.467 e. The third-order valence-corrected chi connectivity index (χ3v) is 4.31. The first kappa shape index (κ1) is 22.8.